The minimum absolute atomic E-state index is 0.613. The summed E-state index contributed by atoms with van der Waals surface area (Å²) in [6, 6.07) is 7.95. The highest BCUT2D eigenvalue weighted by molar-refractivity contribution is 5.85. The van der Waals surface area contributed by atoms with Gasteiger partial charge in [-0.2, -0.15) is 0 Å². The van der Waals surface area contributed by atoms with Crippen LogP contribution in [0.3, 0.4) is 0 Å². The van der Waals surface area contributed by atoms with Crippen molar-refractivity contribution in [2.45, 2.75) is 13.0 Å². The van der Waals surface area contributed by atoms with E-state index in [2.05, 4.69) is 11.0 Å². The maximum atomic E-state index is 10.6. The standard InChI is InChI=1S/C16H21NO3/c1-20-12-13-8-9-17(10-13)11-15-5-3-2-4-14(15)6-7-16(18)19/h2-7,13H,8-12H2,1H3,(H,18,19). The Bertz CT molecular complexity index is 484. The molecule has 20 heavy (non-hydrogen) atoms. The Balaban J connectivity index is 2.01. The van der Waals surface area contributed by atoms with Crippen molar-refractivity contribution in [1.82, 2.24) is 4.90 Å². The third-order valence-electron chi connectivity index (χ3n) is 3.63. The fraction of sp³-hybridized carbons (Fsp3) is 0.438. The number of carbonyl (C=O) groups is 1. The van der Waals surface area contributed by atoms with Crippen LogP contribution in [-0.4, -0.2) is 42.8 Å². The van der Waals surface area contributed by atoms with E-state index < -0.39 is 5.97 Å². The zero-order chi connectivity index (χ0) is 14.4. The summed E-state index contributed by atoms with van der Waals surface area (Å²) in [5.41, 5.74) is 2.15. The van der Waals surface area contributed by atoms with Crippen molar-refractivity contribution >= 4 is 12.0 Å². The van der Waals surface area contributed by atoms with Gasteiger partial charge in [0.2, 0.25) is 0 Å². The summed E-state index contributed by atoms with van der Waals surface area (Å²) in [6.07, 6.45) is 4.03. The molecule has 0 aromatic heterocycles. The van der Waals surface area contributed by atoms with Gasteiger partial charge in [-0.3, -0.25) is 4.90 Å². The SMILES string of the molecule is COCC1CCN(Cc2ccccc2C=CC(=O)O)C1. The first-order valence-electron chi connectivity index (χ1n) is 6.89. The first-order valence-corrected chi connectivity index (χ1v) is 6.89. The van der Waals surface area contributed by atoms with Gasteiger partial charge in [0.15, 0.2) is 0 Å². The van der Waals surface area contributed by atoms with E-state index in [9.17, 15) is 4.79 Å². The molecule has 1 unspecified atom stereocenters. The molecule has 2 rings (SSSR count). The Morgan fingerprint density at radius 3 is 3.05 bits per heavy atom. The zero-order valence-corrected chi connectivity index (χ0v) is 11.8. The first kappa shape index (κ1) is 14.8. The number of likely N-dealkylation sites (tertiary alicyclic amines) is 1. The first-order chi connectivity index (χ1) is 9.69. The second-order valence-corrected chi connectivity index (χ2v) is 5.22. The topological polar surface area (TPSA) is 49.8 Å². The van der Waals surface area contributed by atoms with Crippen LogP contribution in [0.15, 0.2) is 30.3 Å². The summed E-state index contributed by atoms with van der Waals surface area (Å²) in [6.45, 7) is 3.80. The number of benzene rings is 1. The summed E-state index contributed by atoms with van der Waals surface area (Å²) in [7, 11) is 1.74. The van der Waals surface area contributed by atoms with Crippen LogP contribution in [0.5, 0.6) is 0 Å². The van der Waals surface area contributed by atoms with Gasteiger partial charge >= 0.3 is 5.97 Å². The Labute approximate surface area is 119 Å². The summed E-state index contributed by atoms with van der Waals surface area (Å²) in [5, 5.41) is 8.73. The maximum Gasteiger partial charge on any atom is 0.328 e. The molecule has 0 aliphatic carbocycles. The number of carboxylic acid groups (broad SMARTS) is 1. The molecule has 1 aromatic rings. The van der Waals surface area contributed by atoms with Crippen molar-refractivity contribution in [2.24, 2.45) is 5.92 Å². The molecule has 1 aromatic carbocycles. The van der Waals surface area contributed by atoms with Crippen LogP contribution < -0.4 is 0 Å². The minimum atomic E-state index is -0.916. The van der Waals surface area contributed by atoms with Gasteiger partial charge in [0, 0.05) is 26.3 Å². The van der Waals surface area contributed by atoms with E-state index in [-0.39, 0.29) is 0 Å². The fourth-order valence-electron chi connectivity index (χ4n) is 2.67. The second-order valence-electron chi connectivity index (χ2n) is 5.22. The maximum absolute atomic E-state index is 10.6. The number of rotatable bonds is 6. The molecule has 1 heterocycles. The molecule has 4 nitrogen and oxygen atoms in total. The largest absolute Gasteiger partial charge is 0.478 e. The van der Waals surface area contributed by atoms with E-state index in [1.54, 1.807) is 13.2 Å². The Morgan fingerprint density at radius 1 is 1.50 bits per heavy atom. The number of aliphatic carboxylic acids is 1. The Kier molecular flexibility index (Phi) is 5.32. The molecule has 0 amide bonds. The molecule has 108 valence electrons. The monoisotopic (exact) mass is 275 g/mol. The molecule has 4 heteroatoms. The number of carboxylic acids is 1. The quantitative estimate of drug-likeness (QED) is 0.809. The highest BCUT2D eigenvalue weighted by Crippen LogP contribution is 2.21. The normalized spacial score (nSPS) is 19.8. The van der Waals surface area contributed by atoms with Crippen LogP contribution in [0.25, 0.3) is 6.08 Å². The van der Waals surface area contributed by atoms with Gasteiger partial charge in [-0.05, 0) is 36.1 Å². The molecule has 1 N–H and O–H groups in total. The van der Waals surface area contributed by atoms with Crippen LogP contribution in [0, 0.1) is 5.92 Å². The number of methoxy groups -OCH3 is 1. The van der Waals surface area contributed by atoms with Gasteiger partial charge in [0.05, 0.1) is 6.61 Å². The van der Waals surface area contributed by atoms with E-state index >= 15 is 0 Å². The molecule has 1 atom stereocenters. The van der Waals surface area contributed by atoms with Crippen LogP contribution in [0.2, 0.25) is 0 Å². The highest BCUT2D eigenvalue weighted by atomic mass is 16.5. The summed E-state index contributed by atoms with van der Waals surface area (Å²) in [4.78, 5) is 13.0. The molecule has 0 saturated carbocycles. The lowest BCUT2D eigenvalue weighted by atomic mass is 10.1. The van der Waals surface area contributed by atoms with Crippen molar-refractivity contribution in [1.29, 1.82) is 0 Å². The van der Waals surface area contributed by atoms with E-state index in [1.165, 1.54) is 18.1 Å². The van der Waals surface area contributed by atoms with Crippen molar-refractivity contribution in [3.05, 3.63) is 41.5 Å². The van der Waals surface area contributed by atoms with Crippen molar-refractivity contribution < 1.29 is 14.6 Å². The molecule has 1 aliphatic heterocycles. The Morgan fingerprint density at radius 2 is 2.30 bits per heavy atom. The molecular formula is C16H21NO3. The zero-order valence-electron chi connectivity index (χ0n) is 11.8. The third kappa shape index (κ3) is 4.18. The van der Waals surface area contributed by atoms with Crippen LogP contribution in [-0.2, 0) is 16.1 Å². The molecule has 0 bridgehead atoms. The number of hydrogen-bond donors (Lipinski definition) is 1. The molecule has 1 aliphatic rings. The molecule has 1 fully saturated rings. The van der Waals surface area contributed by atoms with E-state index in [0.717, 1.165) is 31.8 Å². The van der Waals surface area contributed by atoms with Crippen molar-refractivity contribution in [3.63, 3.8) is 0 Å². The minimum Gasteiger partial charge on any atom is -0.478 e. The van der Waals surface area contributed by atoms with Gasteiger partial charge in [0.1, 0.15) is 0 Å². The van der Waals surface area contributed by atoms with Crippen molar-refractivity contribution in [3.8, 4) is 0 Å². The van der Waals surface area contributed by atoms with Gasteiger partial charge in [-0.15, -0.1) is 0 Å². The lowest BCUT2D eigenvalue weighted by molar-refractivity contribution is -0.131. The average molecular weight is 275 g/mol. The van der Waals surface area contributed by atoms with Crippen molar-refractivity contribution in [2.75, 3.05) is 26.8 Å². The van der Waals surface area contributed by atoms with Gasteiger partial charge in [-0.25, -0.2) is 4.79 Å². The van der Waals surface area contributed by atoms with E-state index in [4.69, 9.17) is 9.84 Å². The Hall–Kier alpha value is -1.65. The third-order valence-corrected chi connectivity index (χ3v) is 3.63. The predicted octanol–water partition coefficient (Wildman–Crippen LogP) is 2.25. The fourth-order valence-corrected chi connectivity index (χ4v) is 2.67. The number of ether oxygens (including phenoxy) is 1. The van der Waals surface area contributed by atoms with Crippen LogP contribution in [0.4, 0.5) is 0 Å². The van der Waals surface area contributed by atoms with Crippen LogP contribution >= 0.6 is 0 Å². The smallest absolute Gasteiger partial charge is 0.328 e. The van der Waals surface area contributed by atoms with E-state index in [0.29, 0.717) is 5.92 Å². The lowest BCUT2D eigenvalue weighted by Crippen LogP contribution is -2.21. The molecule has 0 spiro atoms. The highest BCUT2D eigenvalue weighted by Gasteiger charge is 2.22. The average Bonchev–Trinajstić information content (AvgIpc) is 2.85. The van der Waals surface area contributed by atoms with Gasteiger partial charge in [0.25, 0.3) is 0 Å². The molecular weight excluding hydrogens is 254 g/mol. The summed E-state index contributed by atoms with van der Waals surface area (Å²) >= 11 is 0. The molecule has 0 radical (unpaired) electrons. The molecule has 1 saturated heterocycles. The van der Waals surface area contributed by atoms with Gasteiger partial charge in [-0.1, -0.05) is 24.3 Å². The van der Waals surface area contributed by atoms with E-state index in [1.807, 2.05) is 18.2 Å². The lowest BCUT2D eigenvalue weighted by Gasteiger charge is -2.17. The predicted molar refractivity (Wildman–Crippen MR) is 78.4 cm³/mol. The second kappa shape index (κ2) is 7.22. The van der Waals surface area contributed by atoms with Crippen LogP contribution in [0.1, 0.15) is 17.5 Å². The number of hydrogen-bond acceptors (Lipinski definition) is 3. The summed E-state index contributed by atoms with van der Waals surface area (Å²) < 4.78 is 5.21. The number of nitrogens with zero attached hydrogens (tertiary/aromatic N) is 1. The summed E-state index contributed by atoms with van der Waals surface area (Å²) in [5.74, 6) is -0.303. The van der Waals surface area contributed by atoms with Gasteiger partial charge < -0.3 is 9.84 Å².